The van der Waals surface area contributed by atoms with Crippen molar-refractivity contribution in [2.24, 2.45) is 11.8 Å². The third kappa shape index (κ3) is 5.01. The minimum absolute atomic E-state index is 0.00124. The molecule has 0 spiro atoms. The molecule has 1 saturated heterocycles. The Morgan fingerprint density at radius 1 is 1.29 bits per heavy atom. The number of carbonyl (C=O) groups is 2. The minimum atomic E-state index is -0.369. The zero-order valence-electron chi connectivity index (χ0n) is 14.3. The Morgan fingerprint density at radius 2 is 1.95 bits per heavy atom. The van der Waals surface area contributed by atoms with Crippen molar-refractivity contribution in [3.05, 3.63) is 0 Å². The number of rotatable bonds is 7. The molecule has 0 aliphatic carbocycles. The van der Waals surface area contributed by atoms with Gasteiger partial charge in [0.05, 0.1) is 0 Å². The van der Waals surface area contributed by atoms with Gasteiger partial charge in [0, 0.05) is 19.0 Å². The van der Waals surface area contributed by atoms with Crippen LogP contribution in [0.5, 0.6) is 0 Å². The van der Waals surface area contributed by atoms with E-state index >= 15 is 0 Å². The van der Waals surface area contributed by atoms with Crippen molar-refractivity contribution < 1.29 is 9.59 Å². The fraction of sp³-hybridized carbons (Fsp3) is 0.882. The highest BCUT2D eigenvalue weighted by molar-refractivity contribution is 5.90. The molecular weight excluding hydrogens is 264 g/mol. The molecule has 1 heterocycles. The summed E-state index contributed by atoms with van der Waals surface area (Å²) in [6, 6.07) is -0.372. The zero-order valence-corrected chi connectivity index (χ0v) is 14.3. The van der Waals surface area contributed by atoms with E-state index in [-0.39, 0.29) is 29.8 Å². The van der Waals surface area contributed by atoms with E-state index < -0.39 is 0 Å². The van der Waals surface area contributed by atoms with Gasteiger partial charge in [-0.25, -0.2) is 0 Å². The lowest BCUT2D eigenvalue weighted by Crippen LogP contribution is -2.50. The van der Waals surface area contributed by atoms with E-state index in [1.165, 1.54) is 12.8 Å². The van der Waals surface area contributed by atoms with E-state index in [0.29, 0.717) is 12.3 Å². The molecule has 21 heavy (non-hydrogen) atoms. The average molecular weight is 296 g/mol. The van der Waals surface area contributed by atoms with Gasteiger partial charge in [-0.05, 0) is 25.2 Å². The molecular formula is C17H32N2O2. The summed E-state index contributed by atoms with van der Waals surface area (Å²) < 4.78 is 0. The van der Waals surface area contributed by atoms with Crippen LogP contribution in [0.2, 0.25) is 0 Å². The minimum Gasteiger partial charge on any atom is -0.344 e. The monoisotopic (exact) mass is 296 g/mol. The molecule has 4 nitrogen and oxygen atoms in total. The molecule has 1 N–H and O–H groups in total. The smallest absolute Gasteiger partial charge is 0.245 e. The highest BCUT2D eigenvalue weighted by Crippen LogP contribution is 2.21. The van der Waals surface area contributed by atoms with Crippen LogP contribution in [0.3, 0.4) is 0 Å². The van der Waals surface area contributed by atoms with Crippen LogP contribution >= 0.6 is 0 Å². The first-order chi connectivity index (χ1) is 9.90. The van der Waals surface area contributed by atoms with E-state index in [2.05, 4.69) is 19.2 Å². The predicted octanol–water partition coefficient (Wildman–Crippen LogP) is 2.96. The van der Waals surface area contributed by atoms with E-state index in [1.54, 1.807) is 0 Å². The summed E-state index contributed by atoms with van der Waals surface area (Å²) in [5.41, 5.74) is 0. The molecule has 3 unspecified atom stereocenters. The van der Waals surface area contributed by atoms with Gasteiger partial charge in [-0.3, -0.25) is 9.59 Å². The number of hydrogen-bond donors (Lipinski definition) is 1. The number of carbonyl (C=O) groups excluding carboxylic acids is 2. The average Bonchev–Trinajstić information content (AvgIpc) is 2.53. The van der Waals surface area contributed by atoms with Crippen LogP contribution in [-0.4, -0.2) is 35.3 Å². The molecule has 0 radical (unpaired) electrons. The Bertz CT molecular complexity index is 355. The lowest BCUT2D eigenvalue weighted by atomic mass is 9.96. The zero-order chi connectivity index (χ0) is 16.0. The SMILES string of the molecule is CCCCC(CC)CN1C(=O)C(C(C)C)NC(=O)CC1C. The molecule has 0 aromatic carbocycles. The number of hydrogen-bond acceptors (Lipinski definition) is 2. The fourth-order valence-electron chi connectivity index (χ4n) is 2.99. The van der Waals surface area contributed by atoms with Crippen LogP contribution in [0.25, 0.3) is 0 Å². The highest BCUT2D eigenvalue weighted by atomic mass is 16.2. The van der Waals surface area contributed by atoms with Crippen LogP contribution in [-0.2, 0) is 9.59 Å². The molecule has 3 atom stereocenters. The van der Waals surface area contributed by atoms with Gasteiger partial charge in [-0.1, -0.05) is 47.0 Å². The third-order valence-electron chi connectivity index (χ3n) is 4.54. The van der Waals surface area contributed by atoms with Gasteiger partial charge >= 0.3 is 0 Å². The Balaban J connectivity index is 2.84. The Hall–Kier alpha value is -1.06. The number of unbranched alkanes of at least 4 members (excludes halogenated alkanes) is 1. The quantitative estimate of drug-likeness (QED) is 0.785. The second-order valence-corrected chi connectivity index (χ2v) is 6.75. The summed E-state index contributed by atoms with van der Waals surface area (Å²) >= 11 is 0. The van der Waals surface area contributed by atoms with Crippen molar-refractivity contribution in [1.29, 1.82) is 0 Å². The fourth-order valence-corrected chi connectivity index (χ4v) is 2.99. The lowest BCUT2D eigenvalue weighted by molar-refractivity contribution is -0.136. The van der Waals surface area contributed by atoms with Crippen molar-refractivity contribution in [2.75, 3.05) is 6.54 Å². The summed E-state index contributed by atoms with van der Waals surface area (Å²) in [7, 11) is 0. The predicted molar refractivity (Wildman–Crippen MR) is 85.9 cm³/mol. The molecule has 1 rings (SSSR count). The van der Waals surface area contributed by atoms with E-state index in [0.717, 1.165) is 19.4 Å². The van der Waals surface area contributed by atoms with Gasteiger partial charge < -0.3 is 10.2 Å². The van der Waals surface area contributed by atoms with Gasteiger partial charge in [0.15, 0.2) is 0 Å². The molecule has 0 saturated carbocycles. The van der Waals surface area contributed by atoms with Crippen LogP contribution < -0.4 is 5.32 Å². The Morgan fingerprint density at radius 3 is 2.48 bits per heavy atom. The normalized spacial score (nSPS) is 25.0. The van der Waals surface area contributed by atoms with Crippen molar-refractivity contribution in [1.82, 2.24) is 10.2 Å². The summed E-state index contributed by atoms with van der Waals surface area (Å²) in [6.45, 7) is 11.2. The summed E-state index contributed by atoms with van der Waals surface area (Å²) in [4.78, 5) is 26.7. The maximum Gasteiger partial charge on any atom is 0.245 e. The summed E-state index contributed by atoms with van der Waals surface area (Å²) in [5.74, 6) is 0.763. The van der Waals surface area contributed by atoms with Crippen LogP contribution in [0.4, 0.5) is 0 Å². The van der Waals surface area contributed by atoms with E-state index in [9.17, 15) is 9.59 Å². The molecule has 122 valence electrons. The lowest BCUT2D eigenvalue weighted by Gasteiger charge is -2.33. The number of nitrogens with zero attached hydrogens (tertiary/aromatic N) is 1. The molecule has 4 heteroatoms. The van der Waals surface area contributed by atoms with E-state index in [4.69, 9.17) is 0 Å². The topological polar surface area (TPSA) is 49.4 Å². The molecule has 1 aliphatic heterocycles. The molecule has 0 aromatic heterocycles. The van der Waals surface area contributed by atoms with Gasteiger partial charge in [0.2, 0.25) is 11.8 Å². The molecule has 1 fully saturated rings. The maximum atomic E-state index is 12.8. The second-order valence-electron chi connectivity index (χ2n) is 6.75. The van der Waals surface area contributed by atoms with Gasteiger partial charge in [0.1, 0.15) is 6.04 Å². The Labute approximate surface area is 129 Å². The first kappa shape index (κ1) is 18.0. The van der Waals surface area contributed by atoms with Gasteiger partial charge in [-0.2, -0.15) is 0 Å². The standard InChI is InChI=1S/C17H32N2O2/c1-6-8-9-14(7-2)11-19-13(5)10-15(20)18-16(12(3)4)17(19)21/h12-14,16H,6-11H2,1-5H3,(H,18,20). The third-order valence-corrected chi connectivity index (χ3v) is 4.54. The van der Waals surface area contributed by atoms with Crippen molar-refractivity contribution in [2.45, 2.75) is 78.8 Å². The van der Waals surface area contributed by atoms with Crippen molar-refractivity contribution in [3.63, 3.8) is 0 Å². The highest BCUT2D eigenvalue weighted by Gasteiger charge is 2.36. The molecule has 0 aromatic rings. The molecule has 1 aliphatic rings. The number of amides is 2. The van der Waals surface area contributed by atoms with Crippen molar-refractivity contribution in [3.8, 4) is 0 Å². The maximum absolute atomic E-state index is 12.8. The van der Waals surface area contributed by atoms with Gasteiger partial charge in [-0.15, -0.1) is 0 Å². The van der Waals surface area contributed by atoms with Crippen LogP contribution in [0, 0.1) is 11.8 Å². The second kappa shape index (κ2) is 8.40. The van der Waals surface area contributed by atoms with Gasteiger partial charge in [0.25, 0.3) is 0 Å². The summed E-state index contributed by atoms with van der Waals surface area (Å²) in [5, 5.41) is 2.89. The molecule has 2 amide bonds. The largest absolute Gasteiger partial charge is 0.344 e. The van der Waals surface area contributed by atoms with Crippen LogP contribution in [0.1, 0.15) is 66.7 Å². The summed E-state index contributed by atoms with van der Waals surface area (Å²) in [6.07, 6.45) is 5.06. The molecule has 0 bridgehead atoms. The first-order valence-electron chi connectivity index (χ1n) is 8.50. The number of nitrogens with one attached hydrogen (secondary N) is 1. The van der Waals surface area contributed by atoms with E-state index in [1.807, 2.05) is 25.7 Å². The van der Waals surface area contributed by atoms with Crippen molar-refractivity contribution >= 4 is 11.8 Å². The first-order valence-corrected chi connectivity index (χ1v) is 8.50. The Kier molecular flexibility index (Phi) is 7.20. The van der Waals surface area contributed by atoms with Crippen LogP contribution in [0.15, 0.2) is 0 Å².